The molecule has 1 heterocycles. The van der Waals surface area contributed by atoms with Crippen molar-refractivity contribution in [3.63, 3.8) is 0 Å². The van der Waals surface area contributed by atoms with Gasteiger partial charge in [-0.1, -0.05) is 29.3 Å². The van der Waals surface area contributed by atoms with Crippen LogP contribution in [0.15, 0.2) is 54.7 Å². The summed E-state index contributed by atoms with van der Waals surface area (Å²) in [5.41, 5.74) is 1.83. The number of amides is 1. The predicted octanol–water partition coefficient (Wildman–Crippen LogP) is 4.79. The number of nitrogens with zero attached hydrogens (tertiary/aromatic N) is 1. The van der Waals surface area contributed by atoms with Crippen LogP contribution in [0.3, 0.4) is 0 Å². The molecule has 1 aromatic heterocycles. The van der Waals surface area contributed by atoms with E-state index in [0.717, 1.165) is 10.9 Å². The van der Waals surface area contributed by atoms with Crippen LogP contribution in [-0.4, -0.2) is 10.9 Å². The third kappa shape index (κ3) is 2.84. The minimum Gasteiger partial charge on any atom is -0.321 e. The van der Waals surface area contributed by atoms with E-state index in [1.54, 1.807) is 24.4 Å². The van der Waals surface area contributed by atoms with Crippen molar-refractivity contribution in [1.29, 1.82) is 0 Å². The summed E-state index contributed by atoms with van der Waals surface area (Å²) in [5, 5.41) is 4.53. The second-order valence-corrected chi connectivity index (χ2v) is 5.30. The van der Waals surface area contributed by atoms with E-state index < -0.39 is 0 Å². The Kier molecular flexibility index (Phi) is 3.78. The number of hydrogen-bond acceptors (Lipinski definition) is 2. The van der Waals surface area contributed by atoms with Crippen molar-refractivity contribution in [2.24, 2.45) is 0 Å². The highest BCUT2D eigenvalue weighted by molar-refractivity contribution is 6.36. The largest absolute Gasteiger partial charge is 0.321 e. The number of hydrogen-bond donors (Lipinski definition) is 1. The number of anilines is 1. The molecule has 3 nitrogen and oxygen atoms in total. The number of aromatic nitrogens is 1. The summed E-state index contributed by atoms with van der Waals surface area (Å²) in [6, 6.07) is 14.1. The first-order valence-electron chi connectivity index (χ1n) is 6.25. The summed E-state index contributed by atoms with van der Waals surface area (Å²) in [6.07, 6.45) is 1.71. The zero-order chi connectivity index (χ0) is 14.8. The summed E-state index contributed by atoms with van der Waals surface area (Å²) in [6.45, 7) is 0. The van der Waals surface area contributed by atoms with Gasteiger partial charge in [-0.05, 0) is 42.5 Å². The Morgan fingerprint density at radius 2 is 1.90 bits per heavy atom. The second-order valence-electron chi connectivity index (χ2n) is 4.45. The maximum atomic E-state index is 12.4. The van der Waals surface area contributed by atoms with E-state index in [0.29, 0.717) is 21.3 Å². The van der Waals surface area contributed by atoms with Gasteiger partial charge in [-0.2, -0.15) is 0 Å². The molecule has 0 radical (unpaired) electrons. The number of carbonyl (C=O) groups excluding carboxylic acids is 1. The lowest BCUT2D eigenvalue weighted by atomic mass is 10.1. The number of pyridine rings is 1. The van der Waals surface area contributed by atoms with Crippen LogP contribution in [0.5, 0.6) is 0 Å². The van der Waals surface area contributed by atoms with Crippen molar-refractivity contribution in [3.05, 3.63) is 70.3 Å². The van der Waals surface area contributed by atoms with E-state index in [9.17, 15) is 4.79 Å². The molecular weight excluding hydrogens is 307 g/mol. The van der Waals surface area contributed by atoms with Gasteiger partial charge in [0.05, 0.1) is 21.8 Å². The summed E-state index contributed by atoms with van der Waals surface area (Å²) in [4.78, 5) is 16.6. The number of nitrogens with one attached hydrogen (secondary N) is 1. The van der Waals surface area contributed by atoms with Crippen molar-refractivity contribution in [3.8, 4) is 0 Å². The number of fused-ring (bicyclic) bond motifs is 1. The first kappa shape index (κ1) is 13.9. The van der Waals surface area contributed by atoms with Crippen LogP contribution in [0.4, 0.5) is 5.69 Å². The lowest BCUT2D eigenvalue weighted by molar-refractivity contribution is 0.102. The minimum atomic E-state index is -0.307. The summed E-state index contributed by atoms with van der Waals surface area (Å²) in [7, 11) is 0. The van der Waals surface area contributed by atoms with Gasteiger partial charge in [0.1, 0.15) is 0 Å². The standard InChI is InChI=1S/C16H10Cl2N2O/c17-10-6-7-13(18)12(9-10)16(21)20-15-5-1-4-14-11(15)3-2-8-19-14/h1-9H,(H,20,21). The first-order chi connectivity index (χ1) is 10.1. The monoisotopic (exact) mass is 316 g/mol. The van der Waals surface area contributed by atoms with Gasteiger partial charge >= 0.3 is 0 Å². The van der Waals surface area contributed by atoms with Gasteiger partial charge < -0.3 is 5.32 Å². The molecule has 5 heteroatoms. The Morgan fingerprint density at radius 3 is 2.76 bits per heavy atom. The SMILES string of the molecule is O=C(Nc1cccc2ncccc12)c1cc(Cl)ccc1Cl. The highest BCUT2D eigenvalue weighted by Crippen LogP contribution is 2.25. The fourth-order valence-corrected chi connectivity index (χ4v) is 2.45. The van der Waals surface area contributed by atoms with E-state index in [1.807, 2.05) is 30.3 Å². The molecule has 0 atom stereocenters. The maximum Gasteiger partial charge on any atom is 0.257 e. The molecule has 3 rings (SSSR count). The molecule has 0 saturated carbocycles. The van der Waals surface area contributed by atoms with E-state index in [-0.39, 0.29) is 5.91 Å². The molecule has 0 aliphatic heterocycles. The van der Waals surface area contributed by atoms with Gasteiger partial charge in [0, 0.05) is 16.6 Å². The quantitative estimate of drug-likeness (QED) is 0.738. The number of carbonyl (C=O) groups is 1. The van der Waals surface area contributed by atoms with Gasteiger partial charge in [-0.15, -0.1) is 0 Å². The predicted molar refractivity (Wildman–Crippen MR) is 86.2 cm³/mol. The Balaban J connectivity index is 1.99. The lowest BCUT2D eigenvalue weighted by Crippen LogP contribution is -2.12. The average molecular weight is 317 g/mol. The molecule has 3 aromatic rings. The van der Waals surface area contributed by atoms with E-state index in [2.05, 4.69) is 10.3 Å². The Labute approximate surface area is 131 Å². The Bertz CT molecular complexity index is 828. The van der Waals surface area contributed by atoms with Crippen LogP contribution in [-0.2, 0) is 0 Å². The first-order valence-corrected chi connectivity index (χ1v) is 7.01. The van der Waals surface area contributed by atoms with Crippen molar-refractivity contribution in [2.75, 3.05) is 5.32 Å². The molecule has 0 fully saturated rings. The summed E-state index contributed by atoms with van der Waals surface area (Å²) in [5.74, 6) is -0.307. The van der Waals surface area contributed by atoms with Crippen LogP contribution >= 0.6 is 23.2 Å². The average Bonchev–Trinajstić information content (AvgIpc) is 2.50. The van der Waals surface area contributed by atoms with Gasteiger partial charge in [0.15, 0.2) is 0 Å². The number of halogens is 2. The van der Waals surface area contributed by atoms with Crippen LogP contribution in [0, 0.1) is 0 Å². The third-order valence-electron chi connectivity index (χ3n) is 3.07. The molecule has 1 amide bonds. The molecule has 0 aliphatic rings. The molecule has 1 N–H and O–H groups in total. The van der Waals surface area contributed by atoms with Crippen LogP contribution in [0.1, 0.15) is 10.4 Å². The topological polar surface area (TPSA) is 42.0 Å². The Morgan fingerprint density at radius 1 is 1.05 bits per heavy atom. The molecule has 0 aliphatic carbocycles. The van der Waals surface area contributed by atoms with Gasteiger partial charge in [-0.25, -0.2) is 0 Å². The van der Waals surface area contributed by atoms with Crippen LogP contribution in [0.2, 0.25) is 10.0 Å². The minimum absolute atomic E-state index is 0.307. The van der Waals surface area contributed by atoms with Gasteiger partial charge in [0.25, 0.3) is 5.91 Å². The molecule has 0 unspecified atom stereocenters. The van der Waals surface area contributed by atoms with Crippen molar-refractivity contribution >= 4 is 45.7 Å². The fourth-order valence-electron chi connectivity index (χ4n) is 2.07. The Hall–Kier alpha value is -2.10. The van der Waals surface area contributed by atoms with Crippen molar-refractivity contribution in [1.82, 2.24) is 4.98 Å². The van der Waals surface area contributed by atoms with Gasteiger partial charge in [0.2, 0.25) is 0 Å². The van der Waals surface area contributed by atoms with Gasteiger partial charge in [-0.3, -0.25) is 9.78 Å². The smallest absolute Gasteiger partial charge is 0.257 e. The second kappa shape index (κ2) is 5.72. The van der Waals surface area contributed by atoms with Crippen molar-refractivity contribution < 1.29 is 4.79 Å². The summed E-state index contributed by atoms with van der Waals surface area (Å²) < 4.78 is 0. The van der Waals surface area contributed by atoms with Crippen LogP contribution in [0.25, 0.3) is 10.9 Å². The molecule has 0 saturated heterocycles. The molecule has 2 aromatic carbocycles. The van der Waals surface area contributed by atoms with E-state index >= 15 is 0 Å². The molecule has 0 bridgehead atoms. The third-order valence-corrected chi connectivity index (χ3v) is 3.63. The van der Waals surface area contributed by atoms with Crippen molar-refractivity contribution in [2.45, 2.75) is 0 Å². The van der Waals surface area contributed by atoms with Crippen LogP contribution < -0.4 is 5.32 Å². The molecule has 21 heavy (non-hydrogen) atoms. The highest BCUT2D eigenvalue weighted by Gasteiger charge is 2.12. The molecule has 104 valence electrons. The zero-order valence-corrected chi connectivity index (χ0v) is 12.3. The highest BCUT2D eigenvalue weighted by atomic mass is 35.5. The van der Waals surface area contributed by atoms with E-state index in [1.165, 1.54) is 0 Å². The lowest BCUT2D eigenvalue weighted by Gasteiger charge is -2.09. The van der Waals surface area contributed by atoms with E-state index in [4.69, 9.17) is 23.2 Å². The number of rotatable bonds is 2. The normalized spacial score (nSPS) is 10.6. The zero-order valence-electron chi connectivity index (χ0n) is 10.8. The molecular formula is C16H10Cl2N2O. The maximum absolute atomic E-state index is 12.4. The summed E-state index contributed by atoms with van der Waals surface area (Å²) >= 11 is 12.0. The number of benzene rings is 2. The fraction of sp³-hybridized carbons (Fsp3) is 0. The molecule has 0 spiro atoms.